The summed E-state index contributed by atoms with van der Waals surface area (Å²) in [5, 5.41) is 11.7. The first-order valence-corrected chi connectivity index (χ1v) is 9.05. The van der Waals surface area contributed by atoms with Crippen LogP contribution in [0.4, 0.5) is 9.52 Å². The SMILES string of the molecule is COCc1nnc(NC(=O)C2CCCN(C(=O)c3ccc(F)cc3)C2)s1. The van der Waals surface area contributed by atoms with Crippen molar-refractivity contribution in [3.05, 3.63) is 40.7 Å². The van der Waals surface area contributed by atoms with Gasteiger partial charge in [-0.15, -0.1) is 10.2 Å². The maximum absolute atomic E-state index is 13.0. The van der Waals surface area contributed by atoms with Gasteiger partial charge < -0.3 is 15.0 Å². The van der Waals surface area contributed by atoms with Gasteiger partial charge in [0.05, 0.1) is 5.92 Å². The van der Waals surface area contributed by atoms with Crippen LogP contribution in [0.2, 0.25) is 0 Å². The summed E-state index contributed by atoms with van der Waals surface area (Å²) in [5.74, 6) is -1.08. The van der Waals surface area contributed by atoms with Crippen molar-refractivity contribution in [3.63, 3.8) is 0 Å². The molecule has 2 aromatic rings. The molecule has 2 amide bonds. The van der Waals surface area contributed by atoms with Crippen molar-refractivity contribution < 1.29 is 18.7 Å². The predicted octanol–water partition coefficient (Wildman–Crippen LogP) is 2.31. The molecule has 9 heteroatoms. The zero-order valence-corrected chi connectivity index (χ0v) is 15.1. The Hall–Kier alpha value is -2.39. The second-order valence-corrected chi connectivity index (χ2v) is 7.08. The summed E-state index contributed by atoms with van der Waals surface area (Å²) in [7, 11) is 1.56. The number of piperidine rings is 1. The summed E-state index contributed by atoms with van der Waals surface area (Å²) in [6.45, 7) is 1.25. The zero-order valence-electron chi connectivity index (χ0n) is 14.3. The normalized spacial score (nSPS) is 17.2. The van der Waals surface area contributed by atoms with E-state index >= 15 is 0 Å². The molecule has 2 heterocycles. The maximum Gasteiger partial charge on any atom is 0.253 e. The number of rotatable bonds is 5. The molecule has 1 saturated heterocycles. The minimum Gasteiger partial charge on any atom is -0.377 e. The van der Waals surface area contributed by atoms with E-state index in [2.05, 4.69) is 15.5 Å². The number of nitrogens with one attached hydrogen (secondary N) is 1. The van der Waals surface area contributed by atoms with E-state index in [0.717, 1.165) is 6.42 Å². The topological polar surface area (TPSA) is 84.4 Å². The highest BCUT2D eigenvalue weighted by atomic mass is 32.1. The molecule has 1 aliphatic heterocycles. The van der Waals surface area contributed by atoms with E-state index < -0.39 is 0 Å². The number of likely N-dealkylation sites (tertiary alicyclic amines) is 1. The van der Waals surface area contributed by atoms with Crippen LogP contribution in [0.15, 0.2) is 24.3 Å². The Morgan fingerprint density at radius 2 is 2.12 bits per heavy atom. The number of methoxy groups -OCH3 is 1. The first kappa shape index (κ1) is 18.4. The van der Waals surface area contributed by atoms with E-state index in [1.54, 1.807) is 12.0 Å². The van der Waals surface area contributed by atoms with Crippen molar-refractivity contribution in [2.75, 3.05) is 25.5 Å². The lowest BCUT2D eigenvalue weighted by Crippen LogP contribution is -2.43. The van der Waals surface area contributed by atoms with Crippen LogP contribution in [-0.2, 0) is 16.1 Å². The Kier molecular flexibility index (Phi) is 5.89. The van der Waals surface area contributed by atoms with Gasteiger partial charge in [0, 0.05) is 25.8 Å². The van der Waals surface area contributed by atoms with Crippen molar-refractivity contribution in [1.29, 1.82) is 0 Å². The molecule has 0 bridgehead atoms. The Balaban J connectivity index is 1.60. The van der Waals surface area contributed by atoms with Crippen molar-refractivity contribution in [1.82, 2.24) is 15.1 Å². The number of halogens is 1. The van der Waals surface area contributed by atoms with E-state index in [9.17, 15) is 14.0 Å². The van der Waals surface area contributed by atoms with Gasteiger partial charge in [0.1, 0.15) is 17.4 Å². The molecule has 7 nitrogen and oxygen atoms in total. The molecule has 0 radical (unpaired) electrons. The van der Waals surface area contributed by atoms with Gasteiger partial charge in [0.25, 0.3) is 5.91 Å². The second kappa shape index (κ2) is 8.33. The number of carbonyl (C=O) groups is 2. The Bertz CT molecular complexity index is 781. The van der Waals surface area contributed by atoms with Gasteiger partial charge in [-0.1, -0.05) is 11.3 Å². The Morgan fingerprint density at radius 1 is 1.35 bits per heavy atom. The van der Waals surface area contributed by atoms with Crippen LogP contribution in [-0.4, -0.2) is 47.1 Å². The van der Waals surface area contributed by atoms with Crippen molar-refractivity contribution >= 4 is 28.3 Å². The van der Waals surface area contributed by atoms with Crippen LogP contribution < -0.4 is 5.32 Å². The average Bonchev–Trinajstić information content (AvgIpc) is 3.09. The van der Waals surface area contributed by atoms with Crippen LogP contribution in [0, 0.1) is 11.7 Å². The van der Waals surface area contributed by atoms with Crippen LogP contribution in [0.3, 0.4) is 0 Å². The number of nitrogens with zero attached hydrogens (tertiary/aromatic N) is 3. The molecule has 138 valence electrons. The zero-order chi connectivity index (χ0) is 18.5. The van der Waals surface area contributed by atoms with E-state index in [1.807, 2.05) is 0 Å². The van der Waals surface area contributed by atoms with Gasteiger partial charge in [-0.3, -0.25) is 9.59 Å². The standard InChI is InChI=1S/C17H19FN4O3S/c1-25-10-14-20-21-17(26-14)19-15(23)12-3-2-8-22(9-12)16(24)11-4-6-13(18)7-5-11/h4-7,12H,2-3,8-10H2,1H3,(H,19,21,23). The van der Waals surface area contributed by atoms with Crippen molar-refractivity contribution in [2.45, 2.75) is 19.4 Å². The molecule has 1 unspecified atom stereocenters. The van der Waals surface area contributed by atoms with Gasteiger partial charge in [-0.2, -0.15) is 0 Å². The maximum atomic E-state index is 13.0. The van der Waals surface area contributed by atoms with Gasteiger partial charge >= 0.3 is 0 Å². The summed E-state index contributed by atoms with van der Waals surface area (Å²) >= 11 is 1.26. The van der Waals surface area contributed by atoms with Crippen molar-refractivity contribution in [2.24, 2.45) is 5.92 Å². The summed E-state index contributed by atoms with van der Waals surface area (Å²) < 4.78 is 18.0. The molecule has 1 atom stereocenters. The minimum atomic E-state index is -0.387. The first-order valence-electron chi connectivity index (χ1n) is 8.24. The number of benzene rings is 1. The number of ether oxygens (including phenoxy) is 1. The summed E-state index contributed by atoms with van der Waals surface area (Å²) in [6.07, 6.45) is 1.43. The second-order valence-electron chi connectivity index (χ2n) is 6.02. The molecule has 0 spiro atoms. The molecule has 0 aliphatic carbocycles. The minimum absolute atomic E-state index is 0.179. The predicted molar refractivity (Wildman–Crippen MR) is 94.3 cm³/mol. The first-order chi connectivity index (χ1) is 12.6. The third kappa shape index (κ3) is 4.41. The quantitative estimate of drug-likeness (QED) is 0.863. The molecule has 1 N–H and O–H groups in total. The highest BCUT2D eigenvalue weighted by Gasteiger charge is 2.29. The monoisotopic (exact) mass is 378 g/mol. The van der Waals surface area contributed by atoms with Gasteiger partial charge in [-0.25, -0.2) is 4.39 Å². The average molecular weight is 378 g/mol. The Labute approximate surface area is 154 Å². The van der Waals surface area contributed by atoms with Crippen LogP contribution in [0.5, 0.6) is 0 Å². The number of aromatic nitrogens is 2. The number of anilines is 1. The smallest absolute Gasteiger partial charge is 0.253 e. The van der Waals surface area contributed by atoms with Crippen LogP contribution in [0.25, 0.3) is 0 Å². The molecule has 1 aromatic heterocycles. The molecule has 3 rings (SSSR count). The fourth-order valence-corrected chi connectivity index (χ4v) is 3.56. The lowest BCUT2D eigenvalue weighted by molar-refractivity contribution is -0.121. The lowest BCUT2D eigenvalue weighted by Gasteiger charge is -2.32. The molecular weight excluding hydrogens is 359 g/mol. The van der Waals surface area contributed by atoms with Gasteiger partial charge in [0.15, 0.2) is 0 Å². The fourth-order valence-electron chi connectivity index (χ4n) is 2.84. The molecular formula is C17H19FN4O3S. The Morgan fingerprint density at radius 3 is 2.85 bits per heavy atom. The van der Waals surface area contributed by atoms with Gasteiger partial charge in [-0.05, 0) is 37.1 Å². The third-order valence-electron chi connectivity index (χ3n) is 4.14. The molecule has 0 saturated carbocycles. The summed E-state index contributed by atoms with van der Waals surface area (Å²) in [6, 6.07) is 5.43. The van der Waals surface area contributed by atoms with Crippen LogP contribution in [0.1, 0.15) is 28.2 Å². The van der Waals surface area contributed by atoms with E-state index in [0.29, 0.717) is 41.8 Å². The van der Waals surface area contributed by atoms with E-state index in [-0.39, 0.29) is 23.5 Å². The summed E-state index contributed by atoms with van der Waals surface area (Å²) in [4.78, 5) is 26.7. The summed E-state index contributed by atoms with van der Waals surface area (Å²) in [5.41, 5.74) is 0.417. The highest BCUT2D eigenvalue weighted by molar-refractivity contribution is 7.15. The third-order valence-corrected chi connectivity index (χ3v) is 4.95. The van der Waals surface area contributed by atoms with Gasteiger partial charge in [0.2, 0.25) is 11.0 Å². The molecule has 26 heavy (non-hydrogen) atoms. The van der Waals surface area contributed by atoms with Crippen molar-refractivity contribution in [3.8, 4) is 0 Å². The van der Waals surface area contributed by atoms with Crippen LogP contribution >= 0.6 is 11.3 Å². The molecule has 1 aromatic carbocycles. The lowest BCUT2D eigenvalue weighted by atomic mass is 9.96. The molecule has 1 aliphatic rings. The largest absolute Gasteiger partial charge is 0.377 e. The number of carbonyl (C=O) groups excluding carboxylic acids is 2. The molecule has 1 fully saturated rings. The fraction of sp³-hybridized carbons (Fsp3) is 0.412. The highest BCUT2D eigenvalue weighted by Crippen LogP contribution is 2.22. The van der Waals surface area contributed by atoms with E-state index in [1.165, 1.54) is 35.6 Å². The van der Waals surface area contributed by atoms with E-state index in [4.69, 9.17) is 4.74 Å². The number of hydrogen-bond acceptors (Lipinski definition) is 6. The number of amides is 2. The number of hydrogen-bond donors (Lipinski definition) is 1.